The maximum absolute atomic E-state index is 13.1. The Bertz CT molecular complexity index is 949. The molecule has 0 spiro atoms. The van der Waals surface area contributed by atoms with Crippen molar-refractivity contribution >= 4 is 15.7 Å². The molecule has 28 heavy (non-hydrogen) atoms. The number of anilines is 1. The largest absolute Gasteiger partial charge is 0.369 e. The Morgan fingerprint density at radius 3 is 2.25 bits per heavy atom. The van der Waals surface area contributed by atoms with Crippen molar-refractivity contribution in [2.24, 2.45) is 0 Å². The minimum atomic E-state index is -3.46. The highest BCUT2D eigenvalue weighted by atomic mass is 32.2. The summed E-state index contributed by atoms with van der Waals surface area (Å²) < 4.78 is 27.7. The average molecular weight is 398 g/mol. The van der Waals surface area contributed by atoms with Crippen molar-refractivity contribution in [3.63, 3.8) is 0 Å². The van der Waals surface area contributed by atoms with Gasteiger partial charge in [0.15, 0.2) is 0 Å². The van der Waals surface area contributed by atoms with Crippen LogP contribution in [0.1, 0.15) is 30.4 Å². The number of hydrogen-bond acceptors (Lipinski definition) is 4. The molecule has 3 aliphatic rings. The molecule has 6 heteroatoms. The second-order valence-corrected chi connectivity index (χ2v) is 10.0. The van der Waals surface area contributed by atoms with Gasteiger partial charge in [-0.25, -0.2) is 8.42 Å². The van der Waals surface area contributed by atoms with Crippen LogP contribution in [0.25, 0.3) is 0 Å². The van der Waals surface area contributed by atoms with E-state index >= 15 is 0 Å². The summed E-state index contributed by atoms with van der Waals surface area (Å²) in [6.07, 6.45) is 4.09. The molecule has 0 radical (unpaired) electrons. The van der Waals surface area contributed by atoms with Crippen LogP contribution in [0.4, 0.5) is 5.69 Å². The average Bonchev–Trinajstić information content (AvgIpc) is 3.13. The Labute approximate surface area is 167 Å². The van der Waals surface area contributed by atoms with E-state index < -0.39 is 10.0 Å². The second kappa shape index (κ2) is 7.17. The van der Waals surface area contributed by atoms with Gasteiger partial charge in [0.2, 0.25) is 10.0 Å². The number of fused-ring (bicyclic) bond motifs is 1. The molecule has 2 heterocycles. The van der Waals surface area contributed by atoms with E-state index in [0.717, 1.165) is 37.8 Å². The van der Waals surface area contributed by atoms with E-state index in [4.69, 9.17) is 0 Å². The molecule has 0 N–H and O–H groups in total. The van der Waals surface area contributed by atoms with Gasteiger partial charge in [0.05, 0.1) is 4.90 Å². The van der Waals surface area contributed by atoms with Crippen molar-refractivity contribution < 1.29 is 8.42 Å². The fourth-order valence-corrected chi connectivity index (χ4v) is 6.07. The molecule has 0 amide bonds. The van der Waals surface area contributed by atoms with Gasteiger partial charge in [-0.2, -0.15) is 4.31 Å². The summed E-state index contributed by atoms with van der Waals surface area (Å²) in [5.41, 5.74) is 3.54. The zero-order valence-corrected chi connectivity index (χ0v) is 16.9. The molecule has 1 aliphatic carbocycles. The first-order chi connectivity index (χ1) is 13.6. The van der Waals surface area contributed by atoms with E-state index in [9.17, 15) is 8.42 Å². The fraction of sp³-hybridized carbons (Fsp3) is 0.455. The molecule has 148 valence electrons. The molecule has 0 bridgehead atoms. The summed E-state index contributed by atoms with van der Waals surface area (Å²) in [5, 5.41) is 0. The number of rotatable bonds is 4. The Hall–Kier alpha value is -1.89. The Kier molecular flexibility index (Phi) is 4.65. The molecule has 2 aromatic rings. The highest BCUT2D eigenvalue weighted by Crippen LogP contribution is 2.35. The highest BCUT2D eigenvalue weighted by molar-refractivity contribution is 7.89. The van der Waals surface area contributed by atoms with E-state index in [2.05, 4.69) is 28.0 Å². The number of benzene rings is 2. The lowest BCUT2D eigenvalue weighted by atomic mass is 9.91. The van der Waals surface area contributed by atoms with Gasteiger partial charge in [-0.15, -0.1) is 0 Å². The molecule has 0 aromatic heterocycles. The number of piperazine rings is 1. The quantitative estimate of drug-likeness (QED) is 0.795. The van der Waals surface area contributed by atoms with Crippen LogP contribution in [-0.4, -0.2) is 49.8 Å². The van der Waals surface area contributed by atoms with Gasteiger partial charge < -0.3 is 4.90 Å². The third-order valence-electron chi connectivity index (χ3n) is 6.56. The first-order valence-corrected chi connectivity index (χ1v) is 11.7. The zero-order chi connectivity index (χ0) is 19.1. The van der Waals surface area contributed by atoms with Crippen molar-refractivity contribution in [2.75, 3.05) is 31.1 Å². The van der Waals surface area contributed by atoms with E-state index in [1.165, 1.54) is 30.5 Å². The van der Waals surface area contributed by atoms with E-state index in [0.29, 0.717) is 18.0 Å². The SMILES string of the molecule is O=S(=O)(c1ccccc1)N1Cc2cccc(N3CCN(C4CCC4)CC3)c2C1. The summed E-state index contributed by atoms with van der Waals surface area (Å²) in [6, 6.07) is 15.9. The molecular weight excluding hydrogens is 370 g/mol. The standard InChI is InChI=1S/C22H27N3O2S/c26-28(27,20-9-2-1-3-10-20)25-16-18-6-4-11-22(21(18)17-25)24-14-12-23(13-15-24)19-7-5-8-19/h1-4,6,9-11,19H,5,7-8,12-17H2. The Morgan fingerprint density at radius 1 is 0.821 bits per heavy atom. The van der Waals surface area contributed by atoms with Crippen LogP contribution >= 0.6 is 0 Å². The summed E-state index contributed by atoms with van der Waals surface area (Å²) in [6.45, 7) is 5.20. The molecule has 2 aliphatic heterocycles. The number of nitrogens with zero attached hydrogens (tertiary/aromatic N) is 3. The zero-order valence-electron chi connectivity index (χ0n) is 16.1. The predicted molar refractivity (Wildman–Crippen MR) is 111 cm³/mol. The first-order valence-electron chi connectivity index (χ1n) is 10.3. The van der Waals surface area contributed by atoms with Crippen molar-refractivity contribution in [3.05, 3.63) is 59.7 Å². The third-order valence-corrected chi connectivity index (χ3v) is 8.36. The van der Waals surface area contributed by atoms with Gasteiger partial charge >= 0.3 is 0 Å². The lowest BCUT2D eigenvalue weighted by Crippen LogP contribution is -2.52. The topological polar surface area (TPSA) is 43.9 Å². The third kappa shape index (κ3) is 3.13. The van der Waals surface area contributed by atoms with Gasteiger partial charge in [-0.1, -0.05) is 36.8 Å². The van der Waals surface area contributed by atoms with Crippen LogP contribution in [0, 0.1) is 0 Å². The fourth-order valence-electron chi connectivity index (χ4n) is 4.66. The van der Waals surface area contributed by atoms with Crippen LogP contribution in [0.5, 0.6) is 0 Å². The lowest BCUT2D eigenvalue weighted by Gasteiger charge is -2.44. The smallest absolute Gasteiger partial charge is 0.243 e. The van der Waals surface area contributed by atoms with E-state index in [1.807, 2.05) is 6.07 Å². The minimum Gasteiger partial charge on any atom is -0.369 e. The van der Waals surface area contributed by atoms with E-state index in [1.54, 1.807) is 28.6 Å². The predicted octanol–water partition coefficient (Wildman–Crippen LogP) is 3.07. The molecule has 0 atom stereocenters. The Balaban J connectivity index is 1.35. The second-order valence-electron chi connectivity index (χ2n) is 8.11. The van der Waals surface area contributed by atoms with Gasteiger partial charge in [0.1, 0.15) is 0 Å². The number of hydrogen-bond donors (Lipinski definition) is 0. The molecule has 2 fully saturated rings. The normalized spacial score (nSPS) is 21.5. The summed E-state index contributed by atoms with van der Waals surface area (Å²) in [5.74, 6) is 0. The maximum atomic E-state index is 13.1. The number of sulfonamides is 1. The molecule has 1 saturated heterocycles. The molecule has 0 unspecified atom stereocenters. The van der Waals surface area contributed by atoms with Crippen LogP contribution in [-0.2, 0) is 23.1 Å². The Morgan fingerprint density at radius 2 is 1.57 bits per heavy atom. The van der Waals surface area contributed by atoms with Gasteiger partial charge in [0.25, 0.3) is 0 Å². The summed E-state index contributed by atoms with van der Waals surface area (Å²) >= 11 is 0. The molecule has 2 aromatic carbocycles. The van der Waals surface area contributed by atoms with Crippen molar-refractivity contribution in [1.82, 2.24) is 9.21 Å². The van der Waals surface area contributed by atoms with Crippen LogP contribution in [0.15, 0.2) is 53.4 Å². The minimum absolute atomic E-state index is 0.374. The first kappa shape index (κ1) is 18.2. The highest BCUT2D eigenvalue weighted by Gasteiger charge is 2.34. The van der Waals surface area contributed by atoms with Crippen LogP contribution in [0.3, 0.4) is 0 Å². The molecular formula is C22H27N3O2S. The molecule has 5 rings (SSSR count). The van der Waals surface area contributed by atoms with Gasteiger partial charge in [-0.3, -0.25) is 4.90 Å². The monoisotopic (exact) mass is 397 g/mol. The maximum Gasteiger partial charge on any atom is 0.243 e. The molecule has 1 saturated carbocycles. The van der Waals surface area contributed by atoms with E-state index in [-0.39, 0.29) is 0 Å². The summed E-state index contributed by atoms with van der Waals surface area (Å²) in [7, 11) is -3.46. The van der Waals surface area contributed by atoms with Crippen molar-refractivity contribution in [2.45, 2.75) is 43.3 Å². The van der Waals surface area contributed by atoms with Gasteiger partial charge in [0, 0.05) is 51.0 Å². The van der Waals surface area contributed by atoms with Crippen LogP contribution < -0.4 is 4.90 Å². The van der Waals surface area contributed by atoms with Crippen LogP contribution in [0.2, 0.25) is 0 Å². The van der Waals surface area contributed by atoms with Crippen molar-refractivity contribution in [1.29, 1.82) is 0 Å². The van der Waals surface area contributed by atoms with Gasteiger partial charge in [-0.05, 0) is 42.2 Å². The van der Waals surface area contributed by atoms with Crippen molar-refractivity contribution in [3.8, 4) is 0 Å². The summed E-state index contributed by atoms with van der Waals surface area (Å²) in [4.78, 5) is 5.46. The molecule has 5 nitrogen and oxygen atoms in total. The lowest BCUT2D eigenvalue weighted by molar-refractivity contribution is 0.120.